The van der Waals surface area contributed by atoms with E-state index < -0.39 is 23.9 Å². The van der Waals surface area contributed by atoms with Crippen LogP contribution in [0.15, 0.2) is 48.8 Å². The fourth-order valence-corrected chi connectivity index (χ4v) is 6.45. The normalized spacial score (nSPS) is 24.2. The number of aryl methyl sites for hydroxylation is 1. The van der Waals surface area contributed by atoms with E-state index in [0.717, 1.165) is 23.2 Å². The van der Waals surface area contributed by atoms with E-state index in [-0.39, 0.29) is 31.2 Å². The summed E-state index contributed by atoms with van der Waals surface area (Å²) in [7, 11) is 1.90. The SMILES string of the molecule is [2H]C1([2H])Oc2c(ccc3c2CN([C@H]2CCC(=O)NC2=O)C3=O)C12CCN(Cc1cccc(-c3cnn(C)c3)c1)CC2. The molecule has 0 aliphatic carbocycles. The zero-order valence-electron chi connectivity index (χ0n) is 23.8. The zero-order valence-corrected chi connectivity index (χ0v) is 21.8. The number of carbonyl (C=O) groups is 3. The molecule has 200 valence electrons. The van der Waals surface area contributed by atoms with Crippen LogP contribution >= 0.6 is 0 Å². The molecule has 1 atom stereocenters. The van der Waals surface area contributed by atoms with Crippen molar-refractivity contribution in [1.29, 1.82) is 0 Å². The molecule has 0 unspecified atom stereocenters. The summed E-state index contributed by atoms with van der Waals surface area (Å²) in [6.07, 6.45) is 5.48. The number of hydrogen-bond acceptors (Lipinski definition) is 6. The summed E-state index contributed by atoms with van der Waals surface area (Å²) in [5, 5.41) is 6.61. The van der Waals surface area contributed by atoms with Gasteiger partial charge in [-0.15, -0.1) is 0 Å². The Bertz CT molecular complexity index is 1590. The number of amides is 3. The monoisotopic (exact) mass is 527 g/mol. The highest BCUT2D eigenvalue weighted by atomic mass is 16.5. The second kappa shape index (κ2) is 9.05. The highest BCUT2D eigenvalue weighted by Crippen LogP contribution is 2.49. The second-order valence-electron chi connectivity index (χ2n) is 11.0. The topological polar surface area (TPSA) is 96.8 Å². The number of hydrogen-bond donors (Lipinski definition) is 1. The van der Waals surface area contributed by atoms with E-state index in [1.54, 1.807) is 10.7 Å². The molecule has 1 spiro atoms. The number of fused-ring (bicyclic) bond motifs is 4. The molecule has 1 N–H and O–H groups in total. The number of ether oxygens (including phenoxy) is 1. The van der Waals surface area contributed by atoms with E-state index >= 15 is 0 Å². The van der Waals surface area contributed by atoms with Crippen LogP contribution in [0.25, 0.3) is 11.1 Å². The number of imide groups is 1. The van der Waals surface area contributed by atoms with Gasteiger partial charge in [0, 0.05) is 53.9 Å². The maximum Gasteiger partial charge on any atom is 0.255 e. The van der Waals surface area contributed by atoms with Crippen LogP contribution in [0, 0.1) is 0 Å². The zero-order chi connectivity index (χ0) is 28.5. The molecule has 5 heterocycles. The lowest BCUT2D eigenvalue weighted by atomic mass is 9.74. The largest absolute Gasteiger partial charge is 0.492 e. The second-order valence-corrected chi connectivity index (χ2v) is 11.0. The molecule has 7 rings (SSSR count). The molecule has 3 amide bonds. The molecule has 0 bridgehead atoms. The lowest BCUT2D eigenvalue weighted by molar-refractivity contribution is -0.136. The van der Waals surface area contributed by atoms with Crippen LogP contribution in [0.4, 0.5) is 0 Å². The molecule has 9 nitrogen and oxygen atoms in total. The number of carbonyl (C=O) groups excluding carboxylic acids is 3. The van der Waals surface area contributed by atoms with Gasteiger partial charge < -0.3 is 9.64 Å². The van der Waals surface area contributed by atoms with Crippen molar-refractivity contribution >= 4 is 17.7 Å². The standard InChI is InChI=1S/C30H31N5O4/c1-33-16-21(14-31-33)20-4-2-3-19(13-20)15-34-11-9-30(10-12-34)18-39-27-23-17-35(25-7-8-26(36)32-28(25)37)29(38)22(23)5-6-24(27)30/h2-6,13-14,16,25H,7-12,15,17-18H2,1H3,(H,32,36,37)/t25-/m0/s1/i18D2. The number of likely N-dealkylation sites (tertiary alicyclic amines) is 1. The molecule has 0 saturated carbocycles. The number of nitrogens with one attached hydrogen (secondary N) is 1. The molecule has 39 heavy (non-hydrogen) atoms. The van der Waals surface area contributed by atoms with Gasteiger partial charge in [-0.1, -0.05) is 24.3 Å². The number of nitrogens with zero attached hydrogens (tertiary/aromatic N) is 4. The quantitative estimate of drug-likeness (QED) is 0.525. The summed E-state index contributed by atoms with van der Waals surface area (Å²) < 4.78 is 25.8. The number of rotatable bonds is 4. The minimum absolute atomic E-state index is 0.162. The maximum atomic E-state index is 13.3. The van der Waals surface area contributed by atoms with Crippen molar-refractivity contribution in [3.8, 4) is 16.9 Å². The van der Waals surface area contributed by atoms with Gasteiger partial charge in [-0.25, -0.2) is 0 Å². The van der Waals surface area contributed by atoms with Crippen LogP contribution < -0.4 is 10.1 Å². The minimum atomic E-state index is -1.93. The Morgan fingerprint density at radius 1 is 1.15 bits per heavy atom. The Balaban J connectivity index is 1.10. The smallest absolute Gasteiger partial charge is 0.255 e. The lowest BCUT2D eigenvalue weighted by Crippen LogP contribution is -2.52. The molecule has 4 aliphatic heterocycles. The summed E-state index contributed by atoms with van der Waals surface area (Å²) in [5.74, 6) is -0.647. The van der Waals surface area contributed by atoms with E-state index in [0.29, 0.717) is 42.8 Å². The Labute approximate surface area is 229 Å². The van der Waals surface area contributed by atoms with Crippen molar-refractivity contribution in [2.75, 3.05) is 19.6 Å². The predicted molar refractivity (Wildman–Crippen MR) is 143 cm³/mol. The highest BCUT2D eigenvalue weighted by Gasteiger charge is 2.47. The van der Waals surface area contributed by atoms with Crippen LogP contribution in [0.1, 0.15) is 55.5 Å². The first kappa shape index (κ1) is 21.9. The number of piperidine rings is 2. The van der Waals surface area contributed by atoms with E-state index in [1.165, 1.54) is 10.5 Å². The van der Waals surface area contributed by atoms with Gasteiger partial charge in [-0.3, -0.25) is 29.3 Å². The van der Waals surface area contributed by atoms with Crippen molar-refractivity contribution in [2.45, 2.75) is 50.2 Å². The van der Waals surface area contributed by atoms with E-state index in [1.807, 2.05) is 25.5 Å². The molecule has 3 aromatic rings. The van der Waals surface area contributed by atoms with Crippen molar-refractivity contribution in [3.05, 3.63) is 71.0 Å². The highest BCUT2D eigenvalue weighted by molar-refractivity contribution is 6.05. The Morgan fingerprint density at radius 2 is 2.00 bits per heavy atom. The summed E-state index contributed by atoms with van der Waals surface area (Å²) >= 11 is 0. The molecular weight excluding hydrogens is 494 g/mol. The van der Waals surface area contributed by atoms with E-state index in [9.17, 15) is 14.4 Å². The molecule has 2 saturated heterocycles. The van der Waals surface area contributed by atoms with E-state index in [4.69, 9.17) is 7.48 Å². The first-order chi connectivity index (χ1) is 19.6. The first-order valence-electron chi connectivity index (χ1n) is 14.5. The molecule has 2 fully saturated rings. The molecule has 0 radical (unpaired) electrons. The fourth-order valence-electron chi connectivity index (χ4n) is 6.45. The summed E-state index contributed by atoms with van der Waals surface area (Å²) in [5.41, 5.74) is 4.43. The molecular formula is C30H31N5O4. The average Bonchev–Trinajstić information content (AvgIpc) is 3.58. The summed E-state index contributed by atoms with van der Waals surface area (Å²) in [6, 6.07) is 11.3. The average molecular weight is 528 g/mol. The van der Waals surface area contributed by atoms with Gasteiger partial charge in [-0.2, -0.15) is 5.10 Å². The van der Waals surface area contributed by atoms with Gasteiger partial charge >= 0.3 is 0 Å². The van der Waals surface area contributed by atoms with Gasteiger partial charge in [0.15, 0.2) is 0 Å². The molecule has 2 aromatic carbocycles. The third-order valence-electron chi connectivity index (χ3n) is 8.61. The molecule has 4 aliphatic rings. The van der Waals surface area contributed by atoms with Crippen molar-refractivity contribution in [2.24, 2.45) is 7.05 Å². The van der Waals surface area contributed by atoms with Crippen LogP contribution in [-0.4, -0.2) is 63.0 Å². The van der Waals surface area contributed by atoms with Crippen molar-refractivity contribution < 1.29 is 21.9 Å². The molecule has 1 aromatic heterocycles. The Morgan fingerprint density at radius 3 is 2.77 bits per heavy atom. The number of aromatic nitrogens is 2. The first-order valence-corrected chi connectivity index (χ1v) is 13.5. The van der Waals surface area contributed by atoms with Crippen LogP contribution in [0.5, 0.6) is 5.75 Å². The number of benzene rings is 2. The van der Waals surface area contributed by atoms with Gasteiger partial charge in [-0.05, 0) is 55.6 Å². The predicted octanol–water partition coefficient (Wildman–Crippen LogP) is 2.77. The minimum Gasteiger partial charge on any atom is -0.492 e. The van der Waals surface area contributed by atoms with Crippen LogP contribution in [-0.2, 0) is 35.1 Å². The van der Waals surface area contributed by atoms with Gasteiger partial charge in [0.1, 0.15) is 11.8 Å². The summed E-state index contributed by atoms with van der Waals surface area (Å²) in [4.78, 5) is 41.2. The van der Waals surface area contributed by atoms with Crippen molar-refractivity contribution in [3.63, 3.8) is 0 Å². The Kier molecular flexibility index (Phi) is 5.08. The van der Waals surface area contributed by atoms with E-state index in [2.05, 4.69) is 39.6 Å². The maximum absolute atomic E-state index is 13.3. The van der Waals surface area contributed by atoms with Gasteiger partial charge in [0.05, 0.1) is 22.0 Å². The summed E-state index contributed by atoms with van der Waals surface area (Å²) in [6.45, 7) is 0.410. The third-order valence-corrected chi connectivity index (χ3v) is 8.61. The lowest BCUT2D eigenvalue weighted by Gasteiger charge is -2.38. The Hall–Kier alpha value is -3.98. The fraction of sp³-hybridized carbons (Fsp3) is 0.400. The molecule has 9 heteroatoms. The van der Waals surface area contributed by atoms with Gasteiger partial charge in [0.25, 0.3) is 5.91 Å². The van der Waals surface area contributed by atoms with Crippen LogP contribution in [0.2, 0.25) is 0 Å². The third kappa shape index (κ3) is 4.03. The van der Waals surface area contributed by atoms with Crippen LogP contribution in [0.3, 0.4) is 0 Å². The van der Waals surface area contributed by atoms with Crippen molar-refractivity contribution in [1.82, 2.24) is 24.9 Å². The van der Waals surface area contributed by atoms with Gasteiger partial charge in [0.2, 0.25) is 11.8 Å².